The third-order valence-corrected chi connectivity index (χ3v) is 13.0. The average Bonchev–Trinajstić information content (AvgIpc) is 4.00. The molecule has 300 valence electrons. The van der Waals surface area contributed by atoms with Crippen LogP contribution in [0.1, 0.15) is 0 Å². The summed E-state index contributed by atoms with van der Waals surface area (Å²) >= 11 is 0. The summed E-state index contributed by atoms with van der Waals surface area (Å²) in [6.07, 6.45) is 0. The van der Waals surface area contributed by atoms with Crippen molar-refractivity contribution in [3.8, 4) is 28.2 Å². The van der Waals surface area contributed by atoms with Crippen molar-refractivity contribution in [1.82, 2.24) is 13.7 Å². The second-order valence-corrected chi connectivity index (χ2v) is 16.6. The van der Waals surface area contributed by atoms with Crippen molar-refractivity contribution in [2.45, 2.75) is 0 Å². The van der Waals surface area contributed by atoms with Crippen molar-refractivity contribution in [2.75, 3.05) is 4.90 Å². The van der Waals surface area contributed by atoms with E-state index in [1.165, 1.54) is 65.5 Å². The molecule has 3 aromatic heterocycles. The number of para-hydroxylation sites is 6. The Morgan fingerprint density at radius 2 is 0.703 bits per heavy atom. The van der Waals surface area contributed by atoms with E-state index in [0.717, 1.165) is 45.2 Å². The van der Waals surface area contributed by atoms with Gasteiger partial charge in [-0.05, 0) is 108 Å². The third kappa shape index (κ3) is 5.56. The third-order valence-electron chi connectivity index (χ3n) is 13.0. The second kappa shape index (κ2) is 14.5. The van der Waals surface area contributed by atoms with Crippen molar-refractivity contribution in [2.24, 2.45) is 0 Å². The van der Waals surface area contributed by atoms with Gasteiger partial charge in [0, 0.05) is 66.4 Å². The zero-order valence-electron chi connectivity index (χ0n) is 34.9. The lowest BCUT2D eigenvalue weighted by Crippen LogP contribution is -2.09. The summed E-state index contributed by atoms with van der Waals surface area (Å²) < 4.78 is 7.30. The maximum absolute atomic E-state index is 2.46. The highest BCUT2D eigenvalue weighted by atomic mass is 15.1. The van der Waals surface area contributed by atoms with Gasteiger partial charge in [-0.15, -0.1) is 0 Å². The predicted octanol–water partition coefficient (Wildman–Crippen LogP) is 16.1. The van der Waals surface area contributed by atoms with E-state index in [9.17, 15) is 0 Å². The number of aromatic nitrogens is 3. The lowest BCUT2D eigenvalue weighted by Gasteiger charge is -2.25. The van der Waals surface area contributed by atoms with Crippen LogP contribution in [0.15, 0.2) is 243 Å². The van der Waals surface area contributed by atoms with Gasteiger partial charge in [0.1, 0.15) is 0 Å². The predicted molar refractivity (Wildman–Crippen MR) is 270 cm³/mol. The second-order valence-electron chi connectivity index (χ2n) is 16.6. The van der Waals surface area contributed by atoms with Crippen LogP contribution in [0.2, 0.25) is 0 Å². The maximum Gasteiger partial charge on any atom is 0.0561 e. The molecule has 0 fully saturated rings. The Labute approximate surface area is 370 Å². The highest BCUT2D eigenvalue weighted by Gasteiger charge is 2.21. The van der Waals surface area contributed by atoms with Crippen LogP contribution < -0.4 is 4.90 Å². The number of hydrogen-bond donors (Lipinski definition) is 0. The van der Waals surface area contributed by atoms with Crippen LogP contribution in [-0.2, 0) is 0 Å². The maximum atomic E-state index is 2.46. The van der Waals surface area contributed by atoms with Gasteiger partial charge < -0.3 is 18.6 Å². The molecule has 3 heterocycles. The number of anilines is 3. The summed E-state index contributed by atoms with van der Waals surface area (Å²) in [6.45, 7) is 0. The molecule has 10 aromatic carbocycles. The standard InChI is InChI=1S/C60H40N4/c1-5-18-42(19-6-1)61(43-20-7-2-8-21-43)46-33-36-51-52-37-34-47(40-59(52)63(58(51)39-46)45-24-11-4-12-25-45)64-55-30-16-14-27-53(55)60-48(28-17-31-56(60)64)41-32-35-50-49-26-13-15-29-54(49)62(57(50)38-41)44-22-9-3-10-23-44/h1-40H. The Kier molecular flexibility index (Phi) is 8.18. The lowest BCUT2D eigenvalue weighted by atomic mass is 9.98. The molecule has 0 saturated carbocycles. The van der Waals surface area contributed by atoms with Gasteiger partial charge in [-0.1, -0.05) is 146 Å². The molecule has 0 bridgehead atoms. The SMILES string of the molecule is c1ccc(N(c2ccccc2)c2ccc3c4ccc(-n5c6ccccc6c6c(-c7ccc8c9ccccc9n(-c9ccccc9)c8c7)cccc65)cc4n(-c4ccccc4)c3c2)cc1. The lowest BCUT2D eigenvalue weighted by molar-refractivity contribution is 1.15. The fourth-order valence-corrected chi connectivity index (χ4v) is 10.3. The number of rotatable bonds is 7. The molecule has 0 N–H and O–H groups in total. The van der Waals surface area contributed by atoms with Gasteiger partial charge >= 0.3 is 0 Å². The van der Waals surface area contributed by atoms with Crippen LogP contribution in [0.25, 0.3) is 93.6 Å². The summed E-state index contributed by atoms with van der Waals surface area (Å²) in [5.74, 6) is 0. The number of benzene rings is 10. The van der Waals surface area contributed by atoms with Gasteiger partial charge in [0.15, 0.2) is 0 Å². The Bertz CT molecular complexity index is 3840. The zero-order chi connectivity index (χ0) is 42.1. The molecule has 0 radical (unpaired) electrons. The number of nitrogens with zero attached hydrogens (tertiary/aromatic N) is 4. The topological polar surface area (TPSA) is 18.0 Å². The van der Waals surface area contributed by atoms with E-state index < -0.39 is 0 Å². The van der Waals surface area contributed by atoms with Gasteiger partial charge in [0.05, 0.1) is 33.1 Å². The van der Waals surface area contributed by atoms with Gasteiger partial charge in [-0.3, -0.25) is 0 Å². The Morgan fingerprint density at radius 1 is 0.250 bits per heavy atom. The molecular weight excluding hydrogens is 777 g/mol. The fraction of sp³-hybridized carbons (Fsp3) is 0. The first-order valence-corrected chi connectivity index (χ1v) is 21.9. The van der Waals surface area contributed by atoms with Crippen LogP contribution in [0.5, 0.6) is 0 Å². The van der Waals surface area contributed by atoms with Gasteiger partial charge in [0.2, 0.25) is 0 Å². The molecule has 0 unspecified atom stereocenters. The molecule has 0 aliphatic rings. The van der Waals surface area contributed by atoms with Crippen LogP contribution in [0.3, 0.4) is 0 Å². The van der Waals surface area contributed by atoms with E-state index in [4.69, 9.17) is 0 Å². The summed E-state index contributed by atoms with van der Waals surface area (Å²) in [7, 11) is 0. The Hall–Kier alpha value is -8.60. The van der Waals surface area contributed by atoms with Crippen molar-refractivity contribution in [3.05, 3.63) is 243 Å². The van der Waals surface area contributed by atoms with Gasteiger partial charge in [0.25, 0.3) is 0 Å². The molecule has 4 heteroatoms. The fourth-order valence-electron chi connectivity index (χ4n) is 10.3. The molecule has 13 rings (SSSR count). The van der Waals surface area contributed by atoms with Gasteiger partial charge in [-0.25, -0.2) is 0 Å². The quantitative estimate of drug-likeness (QED) is 0.157. The van der Waals surface area contributed by atoms with Crippen LogP contribution in [-0.4, -0.2) is 13.7 Å². The van der Waals surface area contributed by atoms with E-state index in [-0.39, 0.29) is 0 Å². The minimum atomic E-state index is 1.10. The van der Waals surface area contributed by atoms with Crippen molar-refractivity contribution < 1.29 is 0 Å². The average molecular weight is 817 g/mol. The first-order valence-electron chi connectivity index (χ1n) is 21.9. The van der Waals surface area contributed by atoms with Gasteiger partial charge in [-0.2, -0.15) is 0 Å². The summed E-state index contributed by atoms with van der Waals surface area (Å²) in [6, 6.07) is 88.1. The number of fused-ring (bicyclic) bond motifs is 9. The van der Waals surface area contributed by atoms with E-state index in [2.05, 4.69) is 261 Å². The smallest absolute Gasteiger partial charge is 0.0561 e. The minimum absolute atomic E-state index is 1.10. The van der Waals surface area contributed by atoms with E-state index in [1.54, 1.807) is 0 Å². The molecule has 13 aromatic rings. The molecule has 0 saturated heterocycles. The summed E-state index contributed by atoms with van der Waals surface area (Å²) in [5.41, 5.74) is 16.2. The summed E-state index contributed by atoms with van der Waals surface area (Å²) in [5, 5.41) is 7.40. The molecular formula is C60H40N4. The number of hydrogen-bond acceptors (Lipinski definition) is 1. The van der Waals surface area contributed by atoms with E-state index in [0.29, 0.717) is 0 Å². The van der Waals surface area contributed by atoms with E-state index in [1.807, 2.05) is 0 Å². The zero-order valence-corrected chi connectivity index (χ0v) is 34.9. The van der Waals surface area contributed by atoms with Crippen molar-refractivity contribution >= 4 is 82.5 Å². The highest BCUT2D eigenvalue weighted by Crippen LogP contribution is 2.43. The first kappa shape index (κ1) is 36.1. The molecule has 0 aliphatic heterocycles. The summed E-state index contributed by atoms with van der Waals surface area (Å²) in [4.78, 5) is 2.34. The first-order chi connectivity index (χ1) is 31.8. The normalized spacial score (nSPS) is 11.8. The van der Waals surface area contributed by atoms with E-state index >= 15 is 0 Å². The van der Waals surface area contributed by atoms with Crippen molar-refractivity contribution in [3.63, 3.8) is 0 Å². The Balaban J connectivity index is 1.03. The minimum Gasteiger partial charge on any atom is -0.310 e. The molecule has 0 amide bonds. The Morgan fingerprint density at radius 3 is 1.36 bits per heavy atom. The van der Waals surface area contributed by atoms with Crippen LogP contribution >= 0.6 is 0 Å². The molecule has 0 aliphatic carbocycles. The monoisotopic (exact) mass is 816 g/mol. The molecule has 0 spiro atoms. The molecule has 0 atom stereocenters. The molecule has 4 nitrogen and oxygen atoms in total. The van der Waals surface area contributed by atoms with Crippen LogP contribution in [0, 0.1) is 0 Å². The highest BCUT2D eigenvalue weighted by molar-refractivity contribution is 6.18. The van der Waals surface area contributed by atoms with Crippen LogP contribution in [0.4, 0.5) is 17.1 Å². The van der Waals surface area contributed by atoms with Crippen molar-refractivity contribution in [1.29, 1.82) is 0 Å². The molecule has 64 heavy (non-hydrogen) atoms. The largest absolute Gasteiger partial charge is 0.310 e.